The van der Waals surface area contributed by atoms with Gasteiger partial charge in [-0.05, 0) is 36.8 Å². The lowest BCUT2D eigenvalue weighted by molar-refractivity contribution is -0.122. The third-order valence-corrected chi connectivity index (χ3v) is 4.75. The Bertz CT molecular complexity index is 589. The van der Waals surface area contributed by atoms with Gasteiger partial charge in [0.25, 0.3) is 0 Å². The molecule has 3 nitrogen and oxygen atoms in total. The van der Waals surface area contributed by atoms with E-state index in [1.165, 1.54) is 4.90 Å². The number of hydrogen-bond acceptors (Lipinski definition) is 3. The van der Waals surface area contributed by atoms with Gasteiger partial charge in [0.05, 0.1) is 0 Å². The number of Topliss-reactive ketones (excluding diaryl/α,β-unsaturated/α-hetero) is 1. The highest BCUT2D eigenvalue weighted by atomic mass is 32.2. The standard InChI is InChI=1S/C16H17NO2S/c1-20-11-7-5-10(6-8-11)12-9-15(19)17-13-3-2-4-14(18)16(12)13/h5-8,12H,2-4,9H2,1H3,(H,17,19). The van der Waals surface area contributed by atoms with Crippen LogP contribution in [0.15, 0.2) is 40.4 Å². The van der Waals surface area contributed by atoms with Crippen LogP contribution in [-0.2, 0) is 9.59 Å². The van der Waals surface area contributed by atoms with Crippen molar-refractivity contribution in [2.45, 2.75) is 36.5 Å². The van der Waals surface area contributed by atoms with Crippen molar-refractivity contribution < 1.29 is 9.59 Å². The maximum absolute atomic E-state index is 12.2. The maximum Gasteiger partial charge on any atom is 0.225 e. The Hall–Kier alpha value is -1.55. The summed E-state index contributed by atoms with van der Waals surface area (Å²) < 4.78 is 0. The first-order valence-corrected chi connectivity index (χ1v) is 8.11. The molecule has 1 atom stereocenters. The van der Waals surface area contributed by atoms with Gasteiger partial charge in [0.1, 0.15) is 0 Å². The molecule has 1 N–H and O–H groups in total. The normalized spacial score (nSPS) is 22.6. The molecule has 1 aliphatic carbocycles. The zero-order valence-corrected chi connectivity index (χ0v) is 12.3. The quantitative estimate of drug-likeness (QED) is 0.851. The average Bonchev–Trinajstić information content (AvgIpc) is 2.46. The molecule has 0 saturated carbocycles. The van der Waals surface area contributed by atoms with Crippen LogP contribution in [0.5, 0.6) is 0 Å². The Labute approximate surface area is 122 Å². The Morgan fingerprint density at radius 2 is 1.90 bits per heavy atom. The second-order valence-electron chi connectivity index (χ2n) is 5.25. The number of carbonyl (C=O) groups is 2. The number of rotatable bonds is 2. The molecule has 0 spiro atoms. The zero-order chi connectivity index (χ0) is 14.1. The number of thioether (sulfide) groups is 1. The second kappa shape index (κ2) is 5.44. The van der Waals surface area contributed by atoms with Gasteiger partial charge in [-0.1, -0.05) is 12.1 Å². The van der Waals surface area contributed by atoms with E-state index >= 15 is 0 Å². The van der Waals surface area contributed by atoms with E-state index in [1.807, 2.05) is 18.4 Å². The van der Waals surface area contributed by atoms with Crippen molar-refractivity contribution >= 4 is 23.5 Å². The Morgan fingerprint density at radius 1 is 1.15 bits per heavy atom. The van der Waals surface area contributed by atoms with Gasteiger partial charge in [-0.3, -0.25) is 9.59 Å². The average molecular weight is 287 g/mol. The van der Waals surface area contributed by atoms with Gasteiger partial charge in [0.2, 0.25) is 5.91 Å². The first kappa shape index (κ1) is 13.4. The van der Waals surface area contributed by atoms with Gasteiger partial charge < -0.3 is 5.32 Å². The van der Waals surface area contributed by atoms with Crippen LogP contribution in [0.1, 0.15) is 37.2 Å². The topological polar surface area (TPSA) is 46.2 Å². The lowest BCUT2D eigenvalue weighted by Gasteiger charge is -2.31. The molecule has 1 amide bonds. The van der Waals surface area contributed by atoms with E-state index in [0.29, 0.717) is 12.8 Å². The fourth-order valence-corrected chi connectivity index (χ4v) is 3.43. The van der Waals surface area contributed by atoms with E-state index < -0.39 is 0 Å². The number of allylic oxidation sites excluding steroid dienone is 2. The second-order valence-corrected chi connectivity index (χ2v) is 6.13. The summed E-state index contributed by atoms with van der Waals surface area (Å²) in [6.07, 6.45) is 4.67. The van der Waals surface area contributed by atoms with Crippen LogP contribution in [0.4, 0.5) is 0 Å². The molecule has 0 saturated heterocycles. The predicted molar refractivity (Wildman–Crippen MR) is 79.6 cm³/mol. The van der Waals surface area contributed by atoms with Crippen molar-refractivity contribution in [2.24, 2.45) is 0 Å². The van der Waals surface area contributed by atoms with Crippen molar-refractivity contribution in [3.8, 4) is 0 Å². The lowest BCUT2D eigenvalue weighted by Crippen LogP contribution is -2.36. The van der Waals surface area contributed by atoms with E-state index in [2.05, 4.69) is 17.4 Å². The van der Waals surface area contributed by atoms with E-state index in [0.717, 1.165) is 29.7 Å². The van der Waals surface area contributed by atoms with Gasteiger partial charge in [-0.25, -0.2) is 0 Å². The number of benzene rings is 1. The van der Waals surface area contributed by atoms with Crippen LogP contribution in [0.25, 0.3) is 0 Å². The van der Waals surface area contributed by atoms with Crippen LogP contribution in [-0.4, -0.2) is 17.9 Å². The summed E-state index contributed by atoms with van der Waals surface area (Å²) in [5.74, 6) is 0.157. The number of ketones is 1. The number of amides is 1. The Kier molecular flexibility index (Phi) is 3.66. The fraction of sp³-hybridized carbons (Fsp3) is 0.375. The molecule has 0 bridgehead atoms. The first-order chi connectivity index (χ1) is 9.69. The highest BCUT2D eigenvalue weighted by Crippen LogP contribution is 2.38. The number of carbonyl (C=O) groups excluding carboxylic acids is 2. The molecule has 104 valence electrons. The minimum absolute atomic E-state index is 0.0254. The first-order valence-electron chi connectivity index (χ1n) is 6.89. The molecular weight excluding hydrogens is 270 g/mol. The van der Waals surface area contributed by atoms with Crippen LogP contribution in [0.2, 0.25) is 0 Å². The molecule has 3 rings (SSSR count). The number of hydrogen-bond donors (Lipinski definition) is 1. The zero-order valence-electron chi connectivity index (χ0n) is 11.4. The van der Waals surface area contributed by atoms with Gasteiger partial charge >= 0.3 is 0 Å². The summed E-state index contributed by atoms with van der Waals surface area (Å²) >= 11 is 1.69. The minimum Gasteiger partial charge on any atom is -0.329 e. The lowest BCUT2D eigenvalue weighted by atomic mass is 9.78. The number of nitrogens with one attached hydrogen (secondary N) is 1. The smallest absolute Gasteiger partial charge is 0.225 e. The molecule has 0 fully saturated rings. The van der Waals surface area contributed by atoms with Crippen LogP contribution < -0.4 is 5.32 Å². The molecule has 0 radical (unpaired) electrons. The maximum atomic E-state index is 12.2. The summed E-state index contributed by atoms with van der Waals surface area (Å²) in [5.41, 5.74) is 2.77. The highest BCUT2D eigenvalue weighted by Gasteiger charge is 2.34. The van der Waals surface area contributed by atoms with E-state index in [1.54, 1.807) is 11.8 Å². The summed E-state index contributed by atoms with van der Waals surface area (Å²) in [6.45, 7) is 0. The van der Waals surface area contributed by atoms with Gasteiger partial charge in [0, 0.05) is 34.9 Å². The molecule has 2 aliphatic rings. The Morgan fingerprint density at radius 3 is 2.60 bits per heavy atom. The van der Waals surface area contributed by atoms with Crippen molar-refractivity contribution in [1.82, 2.24) is 5.32 Å². The highest BCUT2D eigenvalue weighted by molar-refractivity contribution is 7.98. The minimum atomic E-state index is -0.0672. The molecule has 1 aliphatic heterocycles. The van der Waals surface area contributed by atoms with Crippen molar-refractivity contribution in [3.05, 3.63) is 41.1 Å². The van der Waals surface area contributed by atoms with Crippen molar-refractivity contribution in [3.63, 3.8) is 0 Å². The monoisotopic (exact) mass is 287 g/mol. The van der Waals surface area contributed by atoms with Gasteiger partial charge in [0.15, 0.2) is 5.78 Å². The third-order valence-electron chi connectivity index (χ3n) is 4.00. The Balaban J connectivity index is 2.01. The molecule has 1 aromatic carbocycles. The molecule has 1 heterocycles. The van der Waals surface area contributed by atoms with Crippen molar-refractivity contribution in [2.75, 3.05) is 6.26 Å². The molecule has 1 aromatic rings. The predicted octanol–water partition coefficient (Wildman–Crippen LogP) is 3.02. The van der Waals surface area contributed by atoms with Crippen molar-refractivity contribution in [1.29, 1.82) is 0 Å². The molecule has 0 aromatic heterocycles. The molecular formula is C16H17NO2S. The largest absolute Gasteiger partial charge is 0.329 e. The van der Waals surface area contributed by atoms with E-state index in [-0.39, 0.29) is 17.6 Å². The van der Waals surface area contributed by atoms with Crippen LogP contribution in [0.3, 0.4) is 0 Å². The SMILES string of the molecule is CSc1ccc(C2CC(=O)NC3=C2C(=O)CCC3)cc1. The van der Waals surface area contributed by atoms with Crippen LogP contribution >= 0.6 is 11.8 Å². The molecule has 1 unspecified atom stereocenters. The van der Waals surface area contributed by atoms with Crippen LogP contribution in [0, 0.1) is 0 Å². The van der Waals surface area contributed by atoms with E-state index in [9.17, 15) is 9.59 Å². The summed E-state index contributed by atoms with van der Waals surface area (Å²) in [5, 5.41) is 2.89. The fourth-order valence-electron chi connectivity index (χ4n) is 3.03. The summed E-state index contributed by atoms with van der Waals surface area (Å²) in [6, 6.07) is 8.20. The third kappa shape index (κ3) is 2.40. The van der Waals surface area contributed by atoms with Gasteiger partial charge in [-0.2, -0.15) is 0 Å². The van der Waals surface area contributed by atoms with Gasteiger partial charge in [-0.15, -0.1) is 11.8 Å². The van der Waals surface area contributed by atoms with E-state index in [4.69, 9.17) is 0 Å². The summed E-state index contributed by atoms with van der Waals surface area (Å²) in [4.78, 5) is 25.3. The molecule has 20 heavy (non-hydrogen) atoms. The molecule has 4 heteroatoms. The summed E-state index contributed by atoms with van der Waals surface area (Å²) in [7, 11) is 0.